The van der Waals surface area contributed by atoms with Gasteiger partial charge in [-0.3, -0.25) is 4.90 Å². The number of methoxy groups -OCH3 is 1. The second kappa shape index (κ2) is 13.9. The van der Waals surface area contributed by atoms with Crippen LogP contribution >= 0.6 is 0 Å². The first kappa shape index (κ1) is 28.3. The van der Waals surface area contributed by atoms with Gasteiger partial charge in [0, 0.05) is 43.9 Å². The zero-order valence-electron chi connectivity index (χ0n) is 23.0. The first-order valence-corrected chi connectivity index (χ1v) is 14.0. The van der Waals surface area contributed by atoms with E-state index in [4.69, 9.17) is 14.2 Å². The number of rotatable bonds is 10. The van der Waals surface area contributed by atoms with Crippen molar-refractivity contribution in [1.29, 1.82) is 0 Å². The molecule has 8 nitrogen and oxygen atoms in total. The van der Waals surface area contributed by atoms with Crippen molar-refractivity contribution in [3.63, 3.8) is 0 Å². The third-order valence-corrected chi connectivity index (χ3v) is 7.62. The van der Waals surface area contributed by atoms with Crippen LogP contribution < -0.4 is 10.6 Å². The van der Waals surface area contributed by atoms with Gasteiger partial charge in [-0.25, -0.2) is 4.79 Å². The summed E-state index contributed by atoms with van der Waals surface area (Å²) in [5.41, 5.74) is 4.47. The molecular formula is C32H39N3O5. The van der Waals surface area contributed by atoms with E-state index in [0.717, 1.165) is 61.2 Å². The number of benzene rings is 3. The highest BCUT2D eigenvalue weighted by atomic mass is 16.7. The number of likely N-dealkylation sites (tertiary alicyclic amines) is 1. The Hall–Kier alpha value is -3.27. The highest BCUT2D eigenvalue weighted by Crippen LogP contribution is 2.39. The summed E-state index contributed by atoms with van der Waals surface area (Å²) >= 11 is 0. The molecule has 4 atom stereocenters. The zero-order chi connectivity index (χ0) is 27.7. The van der Waals surface area contributed by atoms with Gasteiger partial charge in [0.05, 0.1) is 25.4 Å². The molecule has 0 aromatic heterocycles. The number of aliphatic hydroxyl groups is 1. The molecule has 2 amide bonds. The minimum absolute atomic E-state index is 0.00866. The summed E-state index contributed by atoms with van der Waals surface area (Å²) < 4.78 is 18.5. The van der Waals surface area contributed by atoms with Gasteiger partial charge < -0.3 is 30.0 Å². The number of ether oxygens (including phenoxy) is 3. The molecule has 3 aromatic rings. The fourth-order valence-electron chi connectivity index (χ4n) is 5.53. The van der Waals surface area contributed by atoms with E-state index in [2.05, 4.69) is 15.5 Å². The number of hydrogen-bond donors (Lipinski definition) is 3. The Bertz CT molecular complexity index is 1220. The molecule has 0 spiro atoms. The van der Waals surface area contributed by atoms with Crippen LogP contribution in [0.2, 0.25) is 0 Å². The number of carbonyl (C=O) groups excluding carboxylic acids is 1. The van der Waals surface area contributed by atoms with E-state index in [1.807, 2.05) is 78.9 Å². The molecular weight excluding hydrogens is 506 g/mol. The SMILES string of the molecule is COC[C@@H]1CCCN1C[C@H]1C[C@@H](c2ccc(CO)cc2)O[C@@H](c2cccc(NC(=O)NCc3ccccc3)c2)O1. The molecule has 5 rings (SSSR count). The number of nitrogens with zero attached hydrogens (tertiary/aromatic N) is 1. The molecule has 2 aliphatic heterocycles. The van der Waals surface area contributed by atoms with Gasteiger partial charge in [-0.05, 0) is 48.2 Å². The summed E-state index contributed by atoms with van der Waals surface area (Å²) in [4.78, 5) is 15.0. The van der Waals surface area contributed by atoms with Crippen molar-refractivity contribution >= 4 is 11.7 Å². The molecule has 212 valence electrons. The van der Waals surface area contributed by atoms with Crippen molar-refractivity contribution in [2.75, 3.05) is 32.1 Å². The molecule has 3 N–H and O–H groups in total. The lowest BCUT2D eigenvalue weighted by Gasteiger charge is -2.39. The van der Waals surface area contributed by atoms with Crippen LogP contribution in [0.1, 0.15) is 53.9 Å². The largest absolute Gasteiger partial charge is 0.392 e. The van der Waals surface area contributed by atoms with Crippen LogP contribution in [-0.2, 0) is 27.4 Å². The smallest absolute Gasteiger partial charge is 0.319 e. The number of hydrogen-bond acceptors (Lipinski definition) is 6. The van der Waals surface area contributed by atoms with Crippen LogP contribution in [0.4, 0.5) is 10.5 Å². The number of amides is 2. The van der Waals surface area contributed by atoms with Gasteiger partial charge in [-0.2, -0.15) is 0 Å². The minimum Gasteiger partial charge on any atom is -0.392 e. The Morgan fingerprint density at radius 2 is 1.82 bits per heavy atom. The highest BCUT2D eigenvalue weighted by molar-refractivity contribution is 5.89. The molecule has 0 radical (unpaired) electrons. The monoisotopic (exact) mass is 545 g/mol. The Kier molecular flexibility index (Phi) is 9.81. The van der Waals surface area contributed by atoms with Crippen molar-refractivity contribution in [1.82, 2.24) is 10.2 Å². The van der Waals surface area contributed by atoms with Gasteiger partial charge >= 0.3 is 6.03 Å². The van der Waals surface area contributed by atoms with Crippen molar-refractivity contribution < 1.29 is 24.1 Å². The number of nitrogens with one attached hydrogen (secondary N) is 2. The van der Waals surface area contributed by atoms with E-state index < -0.39 is 6.29 Å². The van der Waals surface area contributed by atoms with E-state index in [1.165, 1.54) is 0 Å². The van der Waals surface area contributed by atoms with Crippen molar-refractivity contribution in [3.8, 4) is 0 Å². The molecule has 0 unspecified atom stereocenters. The molecule has 2 heterocycles. The average Bonchev–Trinajstić information content (AvgIpc) is 3.43. The second-order valence-electron chi connectivity index (χ2n) is 10.5. The number of urea groups is 1. The minimum atomic E-state index is -0.584. The van der Waals surface area contributed by atoms with Gasteiger partial charge in [0.25, 0.3) is 0 Å². The molecule has 2 fully saturated rings. The van der Waals surface area contributed by atoms with E-state index in [0.29, 0.717) is 18.3 Å². The molecule has 2 aliphatic rings. The summed E-state index contributed by atoms with van der Waals surface area (Å²) in [5, 5.41) is 15.3. The first-order valence-electron chi connectivity index (χ1n) is 14.0. The fraction of sp³-hybridized carbons (Fsp3) is 0.406. The summed E-state index contributed by atoms with van der Waals surface area (Å²) in [6, 6.07) is 25.5. The third kappa shape index (κ3) is 7.47. The maximum absolute atomic E-state index is 12.6. The summed E-state index contributed by atoms with van der Waals surface area (Å²) in [6.07, 6.45) is 2.24. The topological polar surface area (TPSA) is 92.3 Å². The maximum Gasteiger partial charge on any atom is 0.319 e. The van der Waals surface area contributed by atoms with Crippen LogP contribution in [0.5, 0.6) is 0 Å². The predicted molar refractivity (Wildman–Crippen MR) is 154 cm³/mol. The number of aliphatic hydroxyl groups excluding tert-OH is 1. The molecule has 0 bridgehead atoms. The van der Waals surface area contributed by atoms with Crippen molar-refractivity contribution in [2.24, 2.45) is 0 Å². The second-order valence-corrected chi connectivity index (χ2v) is 10.5. The van der Waals surface area contributed by atoms with E-state index >= 15 is 0 Å². The van der Waals surface area contributed by atoms with Crippen LogP contribution in [-0.4, -0.2) is 55.0 Å². The molecule has 0 saturated carbocycles. The fourth-order valence-corrected chi connectivity index (χ4v) is 5.53. The average molecular weight is 546 g/mol. The highest BCUT2D eigenvalue weighted by Gasteiger charge is 2.35. The Morgan fingerprint density at radius 1 is 1.00 bits per heavy atom. The van der Waals surface area contributed by atoms with Gasteiger partial charge in [-0.15, -0.1) is 0 Å². The van der Waals surface area contributed by atoms with Gasteiger partial charge in [0.15, 0.2) is 6.29 Å². The third-order valence-electron chi connectivity index (χ3n) is 7.62. The van der Waals surface area contributed by atoms with Crippen LogP contribution in [0.3, 0.4) is 0 Å². The molecule has 0 aliphatic carbocycles. The lowest BCUT2D eigenvalue weighted by molar-refractivity contribution is -0.253. The molecule has 40 heavy (non-hydrogen) atoms. The summed E-state index contributed by atoms with van der Waals surface area (Å²) in [5.74, 6) is 0. The van der Waals surface area contributed by atoms with Gasteiger partial charge in [0.1, 0.15) is 0 Å². The van der Waals surface area contributed by atoms with E-state index in [9.17, 15) is 9.90 Å². The van der Waals surface area contributed by atoms with Crippen molar-refractivity contribution in [2.45, 2.75) is 57.0 Å². The summed E-state index contributed by atoms with van der Waals surface area (Å²) in [6.45, 7) is 3.01. The van der Waals surface area contributed by atoms with Gasteiger partial charge in [-0.1, -0.05) is 66.7 Å². The van der Waals surface area contributed by atoms with Crippen molar-refractivity contribution in [3.05, 3.63) is 101 Å². The summed E-state index contributed by atoms with van der Waals surface area (Å²) in [7, 11) is 1.76. The first-order chi connectivity index (χ1) is 19.6. The standard InChI is InChI=1S/C32H39N3O5/c1-38-22-28-11-6-16-35(28)20-29-18-30(25-14-12-24(21-36)13-15-25)40-31(39-29)26-9-5-10-27(17-26)34-32(37)33-19-23-7-3-2-4-8-23/h2-5,7-10,12-15,17,28-31,36H,6,11,16,18-22H2,1H3,(H2,33,34,37)/t28-,29+,30-,31-/m0/s1. The number of anilines is 1. The number of carbonyl (C=O) groups is 1. The van der Waals surface area contributed by atoms with Crippen LogP contribution in [0.15, 0.2) is 78.9 Å². The Morgan fingerprint density at radius 3 is 2.60 bits per heavy atom. The van der Waals surface area contributed by atoms with Crippen LogP contribution in [0.25, 0.3) is 0 Å². The normalized spacial score (nSPS) is 23.1. The van der Waals surface area contributed by atoms with Gasteiger partial charge in [0.2, 0.25) is 0 Å². The predicted octanol–water partition coefficient (Wildman–Crippen LogP) is 5.16. The Labute approximate surface area is 236 Å². The quantitative estimate of drug-likeness (QED) is 0.326. The lowest BCUT2D eigenvalue weighted by Crippen LogP contribution is -2.42. The molecule has 3 aromatic carbocycles. The van der Waals surface area contributed by atoms with E-state index in [-0.39, 0.29) is 24.8 Å². The molecule has 2 saturated heterocycles. The van der Waals surface area contributed by atoms with Crippen LogP contribution in [0, 0.1) is 0 Å². The Balaban J connectivity index is 1.29. The zero-order valence-corrected chi connectivity index (χ0v) is 23.0. The van der Waals surface area contributed by atoms with E-state index in [1.54, 1.807) is 7.11 Å². The maximum atomic E-state index is 12.6. The molecule has 8 heteroatoms. The lowest BCUT2D eigenvalue weighted by atomic mass is 9.99.